The van der Waals surface area contributed by atoms with Crippen LogP contribution in [0.15, 0.2) is 42.2 Å². The lowest BCUT2D eigenvalue weighted by Gasteiger charge is -2.17. The Morgan fingerprint density at radius 1 is 1.38 bits per heavy atom. The van der Waals surface area contributed by atoms with Gasteiger partial charge in [0.2, 0.25) is 5.91 Å². The lowest BCUT2D eigenvalue weighted by molar-refractivity contribution is -0.131. The van der Waals surface area contributed by atoms with Gasteiger partial charge in [-0.15, -0.1) is 11.3 Å². The average molecular weight is 368 g/mol. The number of hydrogen-bond acceptors (Lipinski definition) is 6. The molecule has 26 heavy (non-hydrogen) atoms. The lowest BCUT2D eigenvalue weighted by atomic mass is 10.0. The van der Waals surface area contributed by atoms with E-state index in [1.807, 2.05) is 35.5 Å². The number of rotatable bonds is 5. The highest BCUT2D eigenvalue weighted by molar-refractivity contribution is 7.13. The Balaban J connectivity index is 1.44. The molecule has 1 aliphatic rings. The van der Waals surface area contributed by atoms with Gasteiger partial charge in [-0.25, -0.2) is 4.98 Å². The van der Waals surface area contributed by atoms with Crippen molar-refractivity contribution < 1.29 is 4.79 Å². The predicted octanol–water partition coefficient (Wildman–Crippen LogP) is 2.80. The Bertz CT molecular complexity index is 877. The molecule has 0 radical (unpaired) electrons. The third-order valence-corrected chi connectivity index (χ3v) is 5.16. The first-order valence-electron chi connectivity index (χ1n) is 8.58. The maximum atomic E-state index is 12.5. The van der Waals surface area contributed by atoms with Gasteiger partial charge < -0.3 is 10.2 Å². The van der Waals surface area contributed by atoms with Crippen molar-refractivity contribution in [3.63, 3.8) is 0 Å². The minimum Gasteiger partial charge on any atom is -0.340 e. The van der Waals surface area contributed by atoms with Crippen molar-refractivity contribution in [2.24, 2.45) is 0 Å². The summed E-state index contributed by atoms with van der Waals surface area (Å²) >= 11 is 1.56. The number of likely N-dealkylation sites (tertiary alicyclic amines) is 1. The van der Waals surface area contributed by atoms with E-state index in [0.29, 0.717) is 6.54 Å². The summed E-state index contributed by atoms with van der Waals surface area (Å²) in [5.41, 5.74) is 2.98. The van der Waals surface area contributed by atoms with Gasteiger partial charge in [0, 0.05) is 60.1 Å². The molecule has 1 fully saturated rings. The van der Waals surface area contributed by atoms with Crippen molar-refractivity contribution in [1.82, 2.24) is 24.6 Å². The summed E-state index contributed by atoms with van der Waals surface area (Å²) in [6, 6.07) is 5.91. The second-order valence-electron chi connectivity index (χ2n) is 6.41. The van der Waals surface area contributed by atoms with Crippen LogP contribution in [0.4, 0.5) is 10.8 Å². The molecule has 1 atom stereocenters. The van der Waals surface area contributed by atoms with Gasteiger partial charge in [0.25, 0.3) is 0 Å². The molecule has 1 N–H and O–H groups in total. The molecule has 0 aromatic carbocycles. The van der Waals surface area contributed by atoms with Gasteiger partial charge in [0.05, 0.1) is 0 Å². The van der Waals surface area contributed by atoms with Gasteiger partial charge in [-0.2, -0.15) is 5.10 Å². The third-order valence-electron chi connectivity index (χ3n) is 4.47. The fourth-order valence-electron chi connectivity index (χ4n) is 3.24. The standard InChI is InChI=1S/C18H20N6OS/c1-13-9-15(22-18-19-5-8-26-18)10-16(21-13)14-3-7-23(11-14)17(25)12-24-6-2-4-20-24/h2,4-6,8-10,14H,3,7,11-12H2,1H3,(H,19,21,22)/t14-/m0/s1. The molecular formula is C18H20N6OS. The number of nitrogens with one attached hydrogen (secondary N) is 1. The molecule has 8 heteroatoms. The van der Waals surface area contributed by atoms with Crippen LogP contribution in [0.3, 0.4) is 0 Å². The van der Waals surface area contributed by atoms with Gasteiger partial charge in [0.1, 0.15) is 6.54 Å². The summed E-state index contributed by atoms with van der Waals surface area (Å²) in [4.78, 5) is 23.3. The van der Waals surface area contributed by atoms with Crippen molar-refractivity contribution in [2.45, 2.75) is 25.8 Å². The molecule has 4 heterocycles. The van der Waals surface area contributed by atoms with E-state index in [1.54, 1.807) is 28.4 Å². The van der Waals surface area contributed by atoms with Crippen LogP contribution >= 0.6 is 11.3 Å². The number of carbonyl (C=O) groups is 1. The van der Waals surface area contributed by atoms with E-state index >= 15 is 0 Å². The summed E-state index contributed by atoms with van der Waals surface area (Å²) in [6.45, 7) is 3.74. The van der Waals surface area contributed by atoms with Crippen LogP contribution in [0.25, 0.3) is 0 Å². The number of pyridine rings is 1. The largest absolute Gasteiger partial charge is 0.340 e. The van der Waals surface area contributed by atoms with Gasteiger partial charge >= 0.3 is 0 Å². The Morgan fingerprint density at radius 3 is 3.08 bits per heavy atom. The summed E-state index contributed by atoms with van der Waals surface area (Å²) in [7, 11) is 0. The van der Waals surface area contributed by atoms with Crippen molar-refractivity contribution in [3.05, 3.63) is 53.6 Å². The fraction of sp³-hybridized carbons (Fsp3) is 0.333. The number of aromatic nitrogens is 4. The monoisotopic (exact) mass is 368 g/mol. The topological polar surface area (TPSA) is 75.9 Å². The van der Waals surface area contributed by atoms with E-state index in [2.05, 4.69) is 21.5 Å². The minimum absolute atomic E-state index is 0.102. The molecule has 3 aromatic heterocycles. The molecule has 1 aliphatic heterocycles. The van der Waals surface area contributed by atoms with Crippen molar-refractivity contribution in [3.8, 4) is 0 Å². The molecule has 3 aromatic rings. The highest BCUT2D eigenvalue weighted by atomic mass is 32.1. The van der Waals surface area contributed by atoms with Gasteiger partial charge in [0.15, 0.2) is 5.13 Å². The second kappa shape index (κ2) is 7.25. The molecule has 7 nitrogen and oxygen atoms in total. The predicted molar refractivity (Wildman–Crippen MR) is 101 cm³/mol. The van der Waals surface area contributed by atoms with E-state index in [4.69, 9.17) is 4.98 Å². The fourth-order valence-corrected chi connectivity index (χ4v) is 3.79. The van der Waals surface area contributed by atoms with Gasteiger partial charge in [-0.1, -0.05) is 0 Å². The summed E-state index contributed by atoms with van der Waals surface area (Å²) in [5.74, 6) is 0.360. The molecule has 0 bridgehead atoms. The molecule has 0 aliphatic carbocycles. The molecule has 134 valence electrons. The summed E-state index contributed by atoms with van der Waals surface area (Å²) in [6.07, 6.45) is 6.21. The summed E-state index contributed by atoms with van der Waals surface area (Å²) in [5, 5.41) is 10.2. The van der Waals surface area contributed by atoms with Crippen LogP contribution in [0.2, 0.25) is 0 Å². The van der Waals surface area contributed by atoms with Crippen LogP contribution < -0.4 is 5.32 Å². The Kier molecular flexibility index (Phi) is 4.66. The molecule has 0 saturated carbocycles. The zero-order valence-corrected chi connectivity index (χ0v) is 15.3. The number of amides is 1. The van der Waals surface area contributed by atoms with Crippen LogP contribution in [0.5, 0.6) is 0 Å². The summed E-state index contributed by atoms with van der Waals surface area (Å²) < 4.78 is 1.66. The van der Waals surface area contributed by atoms with Crippen LogP contribution in [-0.2, 0) is 11.3 Å². The maximum absolute atomic E-state index is 12.5. The average Bonchev–Trinajstić information content (AvgIpc) is 3.37. The second-order valence-corrected chi connectivity index (χ2v) is 7.31. The molecular weight excluding hydrogens is 348 g/mol. The van der Waals surface area contributed by atoms with E-state index in [0.717, 1.165) is 35.2 Å². The smallest absolute Gasteiger partial charge is 0.244 e. The third kappa shape index (κ3) is 3.75. The number of anilines is 2. The number of carbonyl (C=O) groups excluding carboxylic acids is 1. The van der Waals surface area contributed by atoms with Crippen molar-refractivity contribution in [1.29, 1.82) is 0 Å². The highest BCUT2D eigenvalue weighted by Gasteiger charge is 2.28. The maximum Gasteiger partial charge on any atom is 0.244 e. The normalized spacial score (nSPS) is 16.8. The zero-order chi connectivity index (χ0) is 17.9. The first-order chi connectivity index (χ1) is 12.7. The Hall–Kier alpha value is -2.74. The lowest BCUT2D eigenvalue weighted by Crippen LogP contribution is -2.31. The highest BCUT2D eigenvalue weighted by Crippen LogP contribution is 2.29. The van der Waals surface area contributed by atoms with Gasteiger partial charge in [-0.05, 0) is 31.5 Å². The number of hydrogen-bond donors (Lipinski definition) is 1. The molecule has 1 saturated heterocycles. The SMILES string of the molecule is Cc1cc(Nc2nccs2)cc([C@H]2CCN(C(=O)Cn3cccn3)C2)n1. The van der Waals surface area contributed by atoms with E-state index in [9.17, 15) is 4.79 Å². The van der Waals surface area contributed by atoms with E-state index in [1.165, 1.54) is 0 Å². The molecule has 0 spiro atoms. The van der Waals surface area contributed by atoms with E-state index in [-0.39, 0.29) is 18.4 Å². The van der Waals surface area contributed by atoms with Crippen LogP contribution in [0.1, 0.15) is 23.7 Å². The van der Waals surface area contributed by atoms with Crippen LogP contribution in [-0.4, -0.2) is 43.6 Å². The van der Waals surface area contributed by atoms with Gasteiger partial charge in [-0.3, -0.25) is 14.5 Å². The Labute approximate surface area is 155 Å². The minimum atomic E-state index is 0.102. The van der Waals surface area contributed by atoms with Crippen molar-refractivity contribution >= 4 is 28.1 Å². The number of nitrogens with zero attached hydrogens (tertiary/aromatic N) is 5. The molecule has 4 rings (SSSR count). The molecule has 0 unspecified atom stereocenters. The zero-order valence-electron chi connectivity index (χ0n) is 14.5. The number of thiazole rings is 1. The van der Waals surface area contributed by atoms with Crippen molar-refractivity contribution in [2.75, 3.05) is 18.4 Å². The quantitative estimate of drug-likeness (QED) is 0.749. The Morgan fingerprint density at radius 2 is 2.31 bits per heavy atom. The first-order valence-corrected chi connectivity index (χ1v) is 9.45. The van der Waals surface area contributed by atoms with E-state index < -0.39 is 0 Å². The molecule has 1 amide bonds. The first kappa shape index (κ1) is 16.7. The number of aryl methyl sites for hydroxylation is 1. The van der Waals surface area contributed by atoms with Crippen LogP contribution in [0, 0.1) is 6.92 Å².